The van der Waals surface area contributed by atoms with Gasteiger partial charge in [0.25, 0.3) is 0 Å². The first-order valence-corrected chi connectivity index (χ1v) is 6.43. The summed E-state index contributed by atoms with van der Waals surface area (Å²) in [4.78, 5) is 0. The molecule has 1 aromatic carbocycles. The van der Waals surface area contributed by atoms with Crippen molar-refractivity contribution >= 4 is 0 Å². The highest BCUT2D eigenvalue weighted by Crippen LogP contribution is 2.10. The van der Waals surface area contributed by atoms with E-state index in [9.17, 15) is 5.11 Å². The maximum Gasteiger partial charge on any atom is 0.0584 e. The minimum atomic E-state index is 0.205. The molecule has 2 heteroatoms. The molecular formula is C15H25NO. The number of hydrogen-bond acceptors (Lipinski definition) is 2. The molecule has 1 aromatic rings. The average molecular weight is 235 g/mol. The smallest absolute Gasteiger partial charge is 0.0584 e. The largest absolute Gasteiger partial charge is 0.395 e. The van der Waals surface area contributed by atoms with Crippen molar-refractivity contribution in [3.05, 3.63) is 34.9 Å². The Hall–Kier alpha value is -0.860. The summed E-state index contributed by atoms with van der Waals surface area (Å²) in [5.41, 5.74) is 3.94. The minimum Gasteiger partial charge on any atom is -0.395 e. The molecule has 2 N–H and O–H groups in total. The van der Waals surface area contributed by atoms with Gasteiger partial charge in [-0.2, -0.15) is 0 Å². The standard InChI is InChI=1S/C15H25NO/c1-11(2)7-15(10-17)16-9-14-6-5-12(3)13(4)8-14/h5-6,8,11,15-17H,7,9-10H2,1-4H3. The lowest BCUT2D eigenvalue weighted by Gasteiger charge is -2.18. The first-order chi connectivity index (χ1) is 8.02. The Morgan fingerprint density at radius 1 is 1.18 bits per heavy atom. The van der Waals surface area contributed by atoms with Crippen LogP contribution in [0, 0.1) is 19.8 Å². The van der Waals surface area contributed by atoms with Crippen LogP contribution in [0.3, 0.4) is 0 Å². The molecule has 17 heavy (non-hydrogen) atoms. The van der Waals surface area contributed by atoms with Gasteiger partial charge in [-0.05, 0) is 42.9 Å². The van der Waals surface area contributed by atoms with Crippen molar-refractivity contribution in [3.63, 3.8) is 0 Å². The van der Waals surface area contributed by atoms with Crippen LogP contribution in [0.25, 0.3) is 0 Å². The van der Waals surface area contributed by atoms with Crippen molar-refractivity contribution in [2.75, 3.05) is 6.61 Å². The first-order valence-electron chi connectivity index (χ1n) is 6.43. The molecule has 1 unspecified atom stereocenters. The molecule has 0 aliphatic rings. The average Bonchev–Trinajstić information content (AvgIpc) is 2.28. The number of benzene rings is 1. The third-order valence-electron chi connectivity index (χ3n) is 3.14. The van der Waals surface area contributed by atoms with Gasteiger partial charge in [0.1, 0.15) is 0 Å². The maximum atomic E-state index is 9.29. The molecule has 96 valence electrons. The first kappa shape index (κ1) is 14.2. The van der Waals surface area contributed by atoms with Crippen LogP contribution in [0.5, 0.6) is 0 Å². The second-order valence-corrected chi connectivity index (χ2v) is 5.31. The lowest BCUT2D eigenvalue weighted by atomic mass is 10.0. The van der Waals surface area contributed by atoms with Crippen molar-refractivity contribution in [3.8, 4) is 0 Å². The zero-order valence-corrected chi connectivity index (χ0v) is 11.5. The van der Waals surface area contributed by atoms with Gasteiger partial charge in [0.15, 0.2) is 0 Å². The van der Waals surface area contributed by atoms with E-state index >= 15 is 0 Å². The van der Waals surface area contributed by atoms with Crippen LogP contribution in [0.15, 0.2) is 18.2 Å². The summed E-state index contributed by atoms with van der Waals surface area (Å²) in [5, 5.41) is 12.7. The Morgan fingerprint density at radius 3 is 2.41 bits per heavy atom. The minimum absolute atomic E-state index is 0.205. The quantitative estimate of drug-likeness (QED) is 0.794. The summed E-state index contributed by atoms with van der Waals surface area (Å²) < 4.78 is 0. The van der Waals surface area contributed by atoms with E-state index in [-0.39, 0.29) is 12.6 Å². The fourth-order valence-corrected chi connectivity index (χ4v) is 1.97. The second kappa shape index (κ2) is 6.77. The lowest BCUT2D eigenvalue weighted by Crippen LogP contribution is -2.33. The van der Waals surface area contributed by atoms with E-state index in [4.69, 9.17) is 0 Å². The predicted octanol–water partition coefficient (Wildman–Crippen LogP) is 2.80. The summed E-state index contributed by atoms with van der Waals surface area (Å²) in [5.74, 6) is 0.611. The van der Waals surface area contributed by atoms with Gasteiger partial charge in [-0.25, -0.2) is 0 Å². The lowest BCUT2D eigenvalue weighted by molar-refractivity contribution is 0.223. The fraction of sp³-hybridized carbons (Fsp3) is 0.600. The number of rotatable bonds is 6. The normalized spacial score (nSPS) is 13.1. The summed E-state index contributed by atoms with van der Waals surface area (Å²) in [6, 6.07) is 6.73. The van der Waals surface area contributed by atoms with Crippen LogP contribution in [-0.2, 0) is 6.54 Å². The molecule has 1 atom stereocenters. The topological polar surface area (TPSA) is 32.3 Å². The Kier molecular flexibility index (Phi) is 5.66. The Labute approximate surface area is 105 Å². The van der Waals surface area contributed by atoms with Crippen LogP contribution in [0.1, 0.15) is 37.0 Å². The number of aliphatic hydroxyl groups excluding tert-OH is 1. The zero-order valence-electron chi connectivity index (χ0n) is 11.5. The van der Waals surface area contributed by atoms with Gasteiger partial charge >= 0.3 is 0 Å². The van der Waals surface area contributed by atoms with Crippen LogP contribution in [0.2, 0.25) is 0 Å². The highest BCUT2D eigenvalue weighted by atomic mass is 16.3. The van der Waals surface area contributed by atoms with Gasteiger partial charge in [-0.3, -0.25) is 0 Å². The van der Waals surface area contributed by atoms with Crippen molar-refractivity contribution in [1.29, 1.82) is 0 Å². The predicted molar refractivity (Wildman–Crippen MR) is 73.1 cm³/mol. The molecule has 0 heterocycles. The van der Waals surface area contributed by atoms with Crippen LogP contribution >= 0.6 is 0 Å². The molecule has 0 aliphatic carbocycles. The second-order valence-electron chi connectivity index (χ2n) is 5.31. The van der Waals surface area contributed by atoms with Crippen LogP contribution in [-0.4, -0.2) is 17.8 Å². The zero-order chi connectivity index (χ0) is 12.8. The number of hydrogen-bond donors (Lipinski definition) is 2. The van der Waals surface area contributed by atoms with Gasteiger partial charge < -0.3 is 10.4 Å². The van der Waals surface area contributed by atoms with E-state index in [0.717, 1.165) is 13.0 Å². The molecule has 0 saturated heterocycles. The van der Waals surface area contributed by atoms with E-state index in [2.05, 4.69) is 51.2 Å². The van der Waals surface area contributed by atoms with E-state index in [1.807, 2.05) is 0 Å². The highest BCUT2D eigenvalue weighted by molar-refractivity contribution is 5.29. The maximum absolute atomic E-state index is 9.29. The van der Waals surface area contributed by atoms with Crippen molar-refractivity contribution in [2.24, 2.45) is 5.92 Å². The number of nitrogens with one attached hydrogen (secondary N) is 1. The van der Waals surface area contributed by atoms with Crippen LogP contribution < -0.4 is 5.32 Å². The Balaban J connectivity index is 2.50. The highest BCUT2D eigenvalue weighted by Gasteiger charge is 2.08. The van der Waals surface area contributed by atoms with E-state index < -0.39 is 0 Å². The Bertz CT molecular complexity index is 347. The molecule has 0 fully saturated rings. The van der Waals surface area contributed by atoms with E-state index in [0.29, 0.717) is 5.92 Å². The third-order valence-corrected chi connectivity index (χ3v) is 3.14. The molecule has 0 saturated carbocycles. The van der Waals surface area contributed by atoms with Gasteiger partial charge in [-0.1, -0.05) is 32.0 Å². The van der Waals surface area contributed by atoms with E-state index in [1.54, 1.807) is 0 Å². The molecule has 0 aromatic heterocycles. The summed E-state index contributed by atoms with van der Waals surface area (Å²) in [6.45, 7) is 9.67. The van der Waals surface area contributed by atoms with Gasteiger partial charge in [0.05, 0.1) is 6.61 Å². The van der Waals surface area contributed by atoms with Gasteiger partial charge in [0, 0.05) is 12.6 Å². The summed E-state index contributed by atoms with van der Waals surface area (Å²) in [6.07, 6.45) is 1.02. The monoisotopic (exact) mass is 235 g/mol. The molecule has 0 aliphatic heterocycles. The van der Waals surface area contributed by atoms with Crippen molar-refractivity contribution < 1.29 is 5.11 Å². The third kappa shape index (κ3) is 4.88. The van der Waals surface area contributed by atoms with Gasteiger partial charge in [-0.15, -0.1) is 0 Å². The van der Waals surface area contributed by atoms with E-state index in [1.165, 1.54) is 16.7 Å². The molecule has 1 rings (SSSR count). The summed E-state index contributed by atoms with van der Waals surface area (Å²) in [7, 11) is 0. The fourth-order valence-electron chi connectivity index (χ4n) is 1.97. The van der Waals surface area contributed by atoms with Crippen molar-refractivity contribution in [2.45, 2.75) is 46.7 Å². The van der Waals surface area contributed by atoms with Crippen molar-refractivity contribution in [1.82, 2.24) is 5.32 Å². The Morgan fingerprint density at radius 2 is 1.88 bits per heavy atom. The SMILES string of the molecule is Cc1ccc(CNC(CO)CC(C)C)cc1C. The van der Waals surface area contributed by atoms with Gasteiger partial charge in [0.2, 0.25) is 0 Å². The number of aryl methyl sites for hydroxylation is 2. The molecule has 0 spiro atoms. The molecular weight excluding hydrogens is 210 g/mol. The molecule has 0 bridgehead atoms. The number of aliphatic hydroxyl groups is 1. The molecule has 0 radical (unpaired) electrons. The van der Waals surface area contributed by atoms with Crippen LogP contribution in [0.4, 0.5) is 0 Å². The summed E-state index contributed by atoms with van der Waals surface area (Å²) >= 11 is 0. The molecule has 0 amide bonds. The molecule has 2 nitrogen and oxygen atoms in total.